The number of benzene rings is 2. The molecule has 1 atom stereocenters. The van der Waals surface area contributed by atoms with Crippen LogP contribution >= 0.6 is 0 Å². The highest BCUT2D eigenvalue weighted by atomic mass is 19.1. The number of para-hydroxylation sites is 1. The minimum Gasteiger partial charge on any atom is -0.507 e. The SMILES string of the molecule is Cc1ccc(/C(O)=C2\C(=O)C(=O)N(CCN(C)C)C23C(=O)N(C)c2ccccc23)cc1F. The van der Waals surface area contributed by atoms with Crippen molar-refractivity contribution in [2.45, 2.75) is 12.5 Å². The van der Waals surface area contributed by atoms with Gasteiger partial charge in [-0.15, -0.1) is 0 Å². The van der Waals surface area contributed by atoms with E-state index in [4.69, 9.17) is 0 Å². The summed E-state index contributed by atoms with van der Waals surface area (Å²) in [5, 5.41) is 11.2. The van der Waals surface area contributed by atoms with Gasteiger partial charge in [0.15, 0.2) is 5.54 Å². The molecule has 8 heteroatoms. The summed E-state index contributed by atoms with van der Waals surface area (Å²) in [7, 11) is 5.19. The van der Waals surface area contributed by atoms with E-state index in [9.17, 15) is 23.9 Å². The molecule has 2 amide bonds. The van der Waals surface area contributed by atoms with Crippen molar-refractivity contribution in [2.24, 2.45) is 0 Å². The first kappa shape index (κ1) is 21.7. The third kappa shape index (κ3) is 2.86. The zero-order chi connectivity index (χ0) is 23.4. The van der Waals surface area contributed by atoms with Crippen LogP contribution in [0.1, 0.15) is 16.7 Å². The third-order valence-electron chi connectivity index (χ3n) is 6.16. The van der Waals surface area contributed by atoms with Crippen molar-refractivity contribution >= 4 is 29.0 Å². The maximum absolute atomic E-state index is 14.3. The fourth-order valence-electron chi connectivity index (χ4n) is 4.46. The maximum Gasteiger partial charge on any atom is 0.296 e. The number of amides is 2. The molecule has 2 heterocycles. The number of ketones is 1. The number of anilines is 1. The zero-order valence-corrected chi connectivity index (χ0v) is 18.3. The number of carbonyl (C=O) groups is 3. The highest BCUT2D eigenvalue weighted by Crippen LogP contribution is 2.53. The number of hydrogen-bond donors (Lipinski definition) is 1. The molecule has 0 aliphatic carbocycles. The van der Waals surface area contributed by atoms with Crippen LogP contribution in [0.25, 0.3) is 5.76 Å². The summed E-state index contributed by atoms with van der Waals surface area (Å²) in [6.07, 6.45) is 0. The Labute approximate surface area is 185 Å². The minimum absolute atomic E-state index is 0.0259. The Bertz CT molecular complexity index is 1190. The summed E-state index contributed by atoms with van der Waals surface area (Å²) in [5.41, 5.74) is -0.801. The van der Waals surface area contributed by atoms with Gasteiger partial charge in [-0.3, -0.25) is 14.4 Å². The molecule has 1 fully saturated rings. The van der Waals surface area contributed by atoms with Gasteiger partial charge in [0.25, 0.3) is 17.6 Å². The normalized spacial score (nSPS) is 21.9. The molecule has 2 aromatic rings. The van der Waals surface area contributed by atoms with Crippen molar-refractivity contribution in [1.29, 1.82) is 0 Å². The molecule has 2 aliphatic rings. The van der Waals surface area contributed by atoms with Crippen molar-refractivity contribution in [1.82, 2.24) is 9.80 Å². The summed E-state index contributed by atoms with van der Waals surface area (Å²) in [5.74, 6) is -3.51. The molecule has 7 nitrogen and oxygen atoms in total. The van der Waals surface area contributed by atoms with Gasteiger partial charge in [0.2, 0.25) is 0 Å². The summed E-state index contributed by atoms with van der Waals surface area (Å²) < 4.78 is 14.3. The van der Waals surface area contributed by atoms with Gasteiger partial charge in [-0.1, -0.05) is 30.3 Å². The fraction of sp³-hybridized carbons (Fsp3) is 0.292. The van der Waals surface area contributed by atoms with Crippen molar-refractivity contribution in [3.63, 3.8) is 0 Å². The van der Waals surface area contributed by atoms with E-state index in [-0.39, 0.29) is 17.7 Å². The quantitative estimate of drug-likeness (QED) is 0.451. The molecule has 32 heavy (non-hydrogen) atoms. The van der Waals surface area contributed by atoms with Crippen molar-refractivity contribution in [3.05, 3.63) is 70.5 Å². The average molecular weight is 437 g/mol. The molecule has 0 bridgehead atoms. The Morgan fingerprint density at radius 1 is 1.12 bits per heavy atom. The highest BCUT2D eigenvalue weighted by Gasteiger charge is 2.66. The van der Waals surface area contributed by atoms with Crippen LogP contribution in [0.4, 0.5) is 10.1 Å². The van der Waals surface area contributed by atoms with Gasteiger partial charge in [0.1, 0.15) is 11.6 Å². The molecule has 1 saturated heterocycles. The average Bonchev–Trinajstić information content (AvgIpc) is 3.12. The van der Waals surface area contributed by atoms with E-state index >= 15 is 0 Å². The summed E-state index contributed by atoms with van der Waals surface area (Å²) >= 11 is 0. The largest absolute Gasteiger partial charge is 0.507 e. The molecule has 1 unspecified atom stereocenters. The van der Waals surface area contributed by atoms with Crippen LogP contribution in [0.5, 0.6) is 0 Å². The van der Waals surface area contributed by atoms with Crippen molar-refractivity contribution in [3.8, 4) is 0 Å². The van der Waals surface area contributed by atoms with Crippen LogP contribution in [-0.4, -0.2) is 66.7 Å². The number of aliphatic hydroxyl groups excluding tert-OH is 1. The van der Waals surface area contributed by atoms with Crippen LogP contribution in [0.15, 0.2) is 48.0 Å². The highest BCUT2D eigenvalue weighted by molar-refractivity contribution is 6.50. The van der Waals surface area contributed by atoms with Gasteiger partial charge >= 0.3 is 0 Å². The second-order valence-electron chi connectivity index (χ2n) is 8.37. The smallest absolute Gasteiger partial charge is 0.296 e. The molecule has 166 valence electrons. The molecule has 4 rings (SSSR count). The molecule has 0 radical (unpaired) electrons. The van der Waals surface area contributed by atoms with Crippen LogP contribution in [-0.2, 0) is 19.9 Å². The molecule has 1 N–H and O–H groups in total. The Kier molecular flexibility index (Phi) is 5.13. The van der Waals surface area contributed by atoms with Gasteiger partial charge in [-0.05, 0) is 38.7 Å². The lowest BCUT2D eigenvalue weighted by Gasteiger charge is -2.34. The number of hydrogen-bond acceptors (Lipinski definition) is 5. The third-order valence-corrected chi connectivity index (χ3v) is 6.16. The van der Waals surface area contributed by atoms with Gasteiger partial charge in [0, 0.05) is 37.0 Å². The number of likely N-dealkylation sites (N-methyl/N-ethyl adjacent to an activating group) is 2. The van der Waals surface area contributed by atoms with E-state index < -0.39 is 34.7 Å². The van der Waals surface area contributed by atoms with Gasteiger partial charge in [-0.2, -0.15) is 0 Å². The van der Waals surface area contributed by atoms with Gasteiger partial charge in [0.05, 0.1) is 5.57 Å². The predicted octanol–water partition coefficient (Wildman–Crippen LogP) is 2.25. The lowest BCUT2D eigenvalue weighted by molar-refractivity contribution is -0.143. The van der Waals surface area contributed by atoms with Crippen LogP contribution in [0.2, 0.25) is 0 Å². The zero-order valence-electron chi connectivity index (χ0n) is 18.3. The number of aliphatic hydroxyl groups is 1. The summed E-state index contributed by atoms with van der Waals surface area (Å²) in [4.78, 5) is 44.6. The number of nitrogens with zero attached hydrogens (tertiary/aromatic N) is 3. The van der Waals surface area contributed by atoms with Crippen LogP contribution in [0, 0.1) is 12.7 Å². The Morgan fingerprint density at radius 3 is 2.47 bits per heavy atom. The first-order chi connectivity index (χ1) is 15.1. The molecule has 0 saturated carbocycles. The number of carbonyl (C=O) groups excluding carboxylic acids is 3. The van der Waals surface area contributed by atoms with E-state index in [0.29, 0.717) is 23.4 Å². The molecule has 1 spiro atoms. The predicted molar refractivity (Wildman–Crippen MR) is 117 cm³/mol. The van der Waals surface area contributed by atoms with Crippen molar-refractivity contribution < 1.29 is 23.9 Å². The van der Waals surface area contributed by atoms with Crippen LogP contribution < -0.4 is 4.90 Å². The molecule has 2 aromatic carbocycles. The molecule has 2 aliphatic heterocycles. The van der Waals surface area contributed by atoms with E-state index in [2.05, 4.69) is 0 Å². The Hall–Kier alpha value is -3.52. The number of likely N-dealkylation sites (tertiary alicyclic amines) is 1. The first-order valence-electron chi connectivity index (χ1n) is 10.2. The number of halogens is 1. The van der Waals surface area contributed by atoms with Gasteiger partial charge in [-0.25, -0.2) is 4.39 Å². The fourth-order valence-corrected chi connectivity index (χ4v) is 4.46. The van der Waals surface area contributed by atoms with Gasteiger partial charge < -0.3 is 19.8 Å². The molecule has 0 aromatic heterocycles. The van der Waals surface area contributed by atoms with E-state index in [1.165, 1.54) is 21.9 Å². The topological polar surface area (TPSA) is 81.2 Å². The first-order valence-corrected chi connectivity index (χ1v) is 10.2. The molecular weight excluding hydrogens is 413 g/mol. The summed E-state index contributed by atoms with van der Waals surface area (Å²) in [6.45, 7) is 2.06. The second-order valence-corrected chi connectivity index (χ2v) is 8.37. The lowest BCUT2D eigenvalue weighted by atomic mass is 9.82. The minimum atomic E-state index is -1.82. The van der Waals surface area contributed by atoms with E-state index in [1.807, 2.05) is 19.0 Å². The monoisotopic (exact) mass is 437 g/mol. The Balaban J connectivity index is 2.05. The second kappa shape index (κ2) is 7.56. The maximum atomic E-state index is 14.3. The van der Waals surface area contributed by atoms with Crippen LogP contribution in [0.3, 0.4) is 0 Å². The number of fused-ring (bicyclic) bond motifs is 2. The lowest BCUT2D eigenvalue weighted by Crippen LogP contribution is -2.52. The molecular formula is C24H24FN3O4. The van der Waals surface area contributed by atoms with Crippen molar-refractivity contribution in [2.75, 3.05) is 39.1 Å². The number of rotatable bonds is 4. The number of aryl methyl sites for hydroxylation is 1. The Morgan fingerprint density at radius 2 is 1.81 bits per heavy atom. The van der Waals surface area contributed by atoms with E-state index in [0.717, 1.165) is 6.07 Å². The summed E-state index contributed by atoms with van der Waals surface area (Å²) in [6, 6.07) is 10.9. The number of Topliss-reactive ketones (excluding diaryl/α,β-unsaturated/α-hetero) is 1. The standard InChI is InChI=1S/C24H24FN3O4/c1-14-9-10-15(13-17(14)25)20(29)19-21(30)22(31)28(12-11-26(2)3)24(19)16-7-5-6-8-18(16)27(4)23(24)32/h5-10,13,29H,11-12H2,1-4H3/b20-19-. The van der Waals surface area contributed by atoms with E-state index in [1.54, 1.807) is 38.2 Å².